The van der Waals surface area contributed by atoms with Crippen molar-refractivity contribution in [3.05, 3.63) is 12.4 Å². The van der Waals surface area contributed by atoms with E-state index in [1.54, 1.807) is 17.0 Å². The molecule has 0 fully saturated rings. The fraction of sp³-hybridized carbons (Fsp3) is 0.545. The average Bonchev–Trinajstić information content (AvgIpc) is 2.59. The van der Waals surface area contributed by atoms with E-state index in [-0.39, 0.29) is 23.7 Å². The van der Waals surface area contributed by atoms with Crippen molar-refractivity contribution in [2.45, 2.75) is 38.0 Å². The maximum absolute atomic E-state index is 11.7. The Kier molecular flexibility index (Phi) is 4.77. The minimum absolute atomic E-state index is 0.0715. The zero-order chi connectivity index (χ0) is 13.8. The van der Waals surface area contributed by atoms with Gasteiger partial charge in [0, 0.05) is 17.9 Å². The number of nitrogens with zero attached hydrogens (tertiary/aromatic N) is 2. The zero-order valence-corrected chi connectivity index (χ0v) is 11.5. The Morgan fingerprint density at radius 2 is 2.17 bits per heavy atom. The van der Waals surface area contributed by atoms with Crippen molar-refractivity contribution in [3.63, 3.8) is 0 Å². The van der Waals surface area contributed by atoms with Crippen molar-refractivity contribution >= 4 is 23.6 Å². The lowest BCUT2D eigenvalue weighted by molar-refractivity contribution is -0.134. The molecule has 18 heavy (non-hydrogen) atoms. The highest BCUT2D eigenvalue weighted by molar-refractivity contribution is 7.99. The Bertz CT molecular complexity index is 437. The van der Waals surface area contributed by atoms with Crippen molar-refractivity contribution < 1.29 is 14.7 Å². The Hall–Kier alpha value is -1.50. The van der Waals surface area contributed by atoms with Gasteiger partial charge in [0.05, 0.1) is 5.75 Å². The van der Waals surface area contributed by atoms with Crippen molar-refractivity contribution in [3.8, 4) is 0 Å². The van der Waals surface area contributed by atoms with Crippen molar-refractivity contribution in [2.24, 2.45) is 0 Å². The number of carbonyl (C=O) groups is 2. The smallest absolute Gasteiger partial charge is 0.313 e. The third-order valence-corrected chi connectivity index (χ3v) is 2.82. The van der Waals surface area contributed by atoms with Gasteiger partial charge < -0.3 is 15.0 Å². The number of hydrogen-bond donors (Lipinski definition) is 2. The molecule has 0 bridgehead atoms. The molecule has 1 amide bonds. The third-order valence-electron chi connectivity index (χ3n) is 1.83. The average molecular weight is 271 g/mol. The molecule has 0 radical (unpaired) electrons. The number of hydrogen-bond acceptors (Lipinski definition) is 4. The van der Waals surface area contributed by atoms with Gasteiger partial charge in [0.1, 0.15) is 6.54 Å². The van der Waals surface area contributed by atoms with Crippen LogP contribution in [-0.2, 0) is 16.1 Å². The normalized spacial score (nSPS) is 11.3. The van der Waals surface area contributed by atoms with Crippen LogP contribution >= 0.6 is 11.8 Å². The number of nitrogens with one attached hydrogen (secondary N) is 1. The summed E-state index contributed by atoms with van der Waals surface area (Å²) >= 11 is 1.09. The van der Waals surface area contributed by atoms with E-state index in [1.807, 2.05) is 20.8 Å². The van der Waals surface area contributed by atoms with Crippen LogP contribution in [-0.4, -0.2) is 37.8 Å². The van der Waals surface area contributed by atoms with Gasteiger partial charge in [0.2, 0.25) is 5.91 Å². The van der Waals surface area contributed by atoms with Gasteiger partial charge in [-0.2, -0.15) is 0 Å². The highest BCUT2D eigenvalue weighted by Gasteiger charge is 2.15. The molecule has 1 aromatic rings. The summed E-state index contributed by atoms with van der Waals surface area (Å²) in [6.07, 6.45) is 3.21. The minimum atomic E-state index is -0.909. The predicted molar refractivity (Wildman–Crippen MR) is 68.5 cm³/mol. The van der Waals surface area contributed by atoms with E-state index in [4.69, 9.17) is 5.11 Å². The monoisotopic (exact) mass is 271 g/mol. The molecular formula is C11H17N3O3S. The summed E-state index contributed by atoms with van der Waals surface area (Å²) in [5.74, 6) is -1.11. The topological polar surface area (TPSA) is 84.2 Å². The molecule has 0 spiro atoms. The molecule has 0 unspecified atom stereocenters. The first-order valence-corrected chi connectivity index (χ1v) is 6.43. The number of thioether (sulfide) groups is 1. The molecule has 0 aliphatic rings. The second-order valence-corrected chi connectivity index (χ2v) is 5.76. The van der Waals surface area contributed by atoms with Gasteiger partial charge in [0.15, 0.2) is 5.16 Å². The van der Waals surface area contributed by atoms with Crippen LogP contribution in [0, 0.1) is 0 Å². The summed E-state index contributed by atoms with van der Waals surface area (Å²) in [5, 5.41) is 12.0. The number of aromatic nitrogens is 2. The molecule has 0 saturated heterocycles. The number of carboxylic acid groups (broad SMARTS) is 1. The van der Waals surface area contributed by atoms with Gasteiger partial charge in [-0.1, -0.05) is 11.8 Å². The summed E-state index contributed by atoms with van der Waals surface area (Å²) in [4.78, 5) is 26.2. The van der Waals surface area contributed by atoms with Crippen molar-refractivity contribution in [2.75, 3.05) is 5.75 Å². The van der Waals surface area contributed by atoms with Gasteiger partial charge >= 0.3 is 5.97 Å². The lowest BCUT2D eigenvalue weighted by Crippen LogP contribution is -2.42. The van der Waals surface area contributed by atoms with Crippen LogP contribution in [0.3, 0.4) is 0 Å². The maximum atomic E-state index is 11.7. The summed E-state index contributed by atoms with van der Waals surface area (Å²) in [5.41, 5.74) is -0.286. The fourth-order valence-electron chi connectivity index (χ4n) is 1.29. The highest BCUT2D eigenvalue weighted by atomic mass is 32.2. The van der Waals surface area contributed by atoms with Crippen LogP contribution in [0.1, 0.15) is 20.8 Å². The molecule has 1 rings (SSSR count). The van der Waals surface area contributed by atoms with Crippen LogP contribution in [0.5, 0.6) is 0 Å². The van der Waals surface area contributed by atoms with E-state index in [1.165, 1.54) is 0 Å². The number of carboxylic acids is 1. The first kappa shape index (κ1) is 14.6. The number of carbonyl (C=O) groups excluding carboxylic acids is 1. The Balaban J connectivity index is 2.59. The van der Waals surface area contributed by atoms with Crippen LogP contribution in [0.4, 0.5) is 0 Å². The van der Waals surface area contributed by atoms with E-state index >= 15 is 0 Å². The van der Waals surface area contributed by atoms with Gasteiger partial charge in [0.25, 0.3) is 0 Å². The molecule has 0 aliphatic carbocycles. The molecule has 0 aromatic carbocycles. The fourth-order valence-corrected chi connectivity index (χ4v) is 1.97. The lowest BCUT2D eigenvalue weighted by atomic mass is 10.1. The van der Waals surface area contributed by atoms with E-state index in [0.29, 0.717) is 5.16 Å². The number of imidazole rings is 1. The molecule has 7 heteroatoms. The summed E-state index contributed by atoms with van der Waals surface area (Å²) in [6, 6.07) is 0. The number of rotatable bonds is 5. The van der Waals surface area contributed by atoms with E-state index in [9.17, 15) is 9.59 Å². The molecule has 100 valence electrons. The summed E-state index contributed by atoms with van der Waals surface area (Å²) in [6.45, 7) is 5.84. The van der Waals surface area contributed by atoms with Gasteiger partial charge in [-0.3, -0.25) is 9.59 Å². The number of aliphatic carboxylic acids is 1. The largest absolute Gasteiger partial charge is 0.481 e. The molecule has 1 aromatic heterocycles. The molecule has 0 aliphatic heterocycles. The van der Waals surface area contributed by atoms with Crippen LogP contribution < -0.4 is 5.32 Å². The zero-order valence-electron chi connectivity index (χ0n) is 10.6. The van der Waals surface area contributed by atoms with Crippen LogP contribution in [0.15, 0.2) is 17.6 Å². The van der Waals surface area contributed by atoms with E-state index in [0.717, 1.165) is 11.8 Å². The number of amides is 1. The SMILES string of the molecule is CC(C)(C)NC(=O)Cn1ccnc1SCC(=O)O. The van der Waals surface area contributed by atoms with Crippen molar-refractivity contribution in [1.29, 1.82) is 0 Å². The maximum Gasteiger partial charge on any atom is 0.313 e. The predicted octanol–water partition coefficient (Wildman–Crippen LogP) is 0.975. The second-order valence-electron chi connectivity index (χ2n) is 4.82. The van der Waals surface area contributed by atoms with Gasteiger partial charge in [-0.15, -0.1) is 0 Å². The van der Waals surface area contributed by atoms with E-state index < -0.39 is 5.97 Å². The molecule has 0 saturated carbocycles. The van der Waals surface area contributed by atoms with Crippen LogP contribution in [0.2, 0.25) is 0 Å². The Morgan fingerprint density at radius 1 is 1.50 bits per heavy atom. The molecular weight excluding hydrogens is 254 g/mol. The molecule has 0 atom stereocenters. The summed E-state index contributed by atoms with van der Waals surface area (Å²) < 4.78 is 1.63. The van der Waals surface area contributed by atoms with Gasteiger partial charge in [-0.25, -0.2) is 4.98 Å². The highest BCUT2D eigenvalue weighted by Crippen LogP contribution is 2.15. The Labute approximate surface area is 110 Å². The molecule has 2 N–H and O–H groups in total. The summed E-state index contributed by atoms with van der Waals surface area (Å²) in [7, 11) is 0. The lowest BCUT2D eigenvalue weighted by Gasteiger charge is -2.20. The Morgan fingerprint density at radius 3 is 2.72 bits per heavy atom. The second kappa shape index (κ2) is 5.90. The van der Waals surface area contributed by atoms with Crippen molar-refractivity contribution in [1.82, 2.24) is 14.9 Å². The standard InChI is InChI=1S/C11H17N3O3S/c1-11(2,3)13-8(15)6-14-5-4-12-10(14)18-7-9(16)17/h4-5H,6-7H2,1-3H3,(H,13,15)(H,16,17). The van der Waals surface area contributed by atoms with Gasteiger partial charge in [-0.05, 0) is 20.8 Å². The third kappa shape index (κ3) is 5.22. The quantitative estimate of drug-likeness (QED) is 0.780. The van der Waals surface area contributed by atoms with Crippen LogP contribution in [0.25, 0.3) is 0 Å². The first-order chi connectivity index (χ1) is 8.28. The molecule has 1 heterocycles. The minimum Gasteiger partial charge on any atom is -0.481 e. The first-order valence-electron chi connectivity index (χ1n) is 5.44. The van der Waals surface area contributed by atoms with E-state index in [2.05, 4.69) is 10.3 Å². The molecule has 6 nitrogen and oxygen atoms in total.